The Morgan fingerprint density at radius 2 is 1.69 bits per heavy atom. The fourth-order valence-electron chi connectivity index (χ4n) is 6.52. The van der Waals surface area contributed by atoms with Crippen molar-refractivity contribution in [3.63, 3.8) is 0 Å². The molecule has 1 N–H and O–H groups in total. The van der Waals surface area contributed by atoms with Crippen LogP contribution in [0.25, 0.3) is 0 Å². The standard InChI is InChI=1S/C27H41N3O5/c1-6-14-28-15-10-12-26(7-2)19(22(28)32)20-23(33)29(16-8-9-18-31)21-24(34)30(25(3,4)5)17-11-13-27(20,21)35-26/h10-13,19-21,31H,6-9,14-18H2,1-5H3/t19-,20-,21?,26+,27-/m0/s1. The first kappa shape index (κ1) is 25.9. The molecule has 194 valence electrons. The van der Waals surface area contributed by atoms with Gasteiger partial charge in [0.2, 0.25) is 17.7 Å². The number of carbonyl (C=O) groups excluding carboxylic acids is 3. The number of aliphatic hydroxyl groups excluding tert-OH is 1. The van der Waals surface area contributed by atoms with Crippen molar-refractivity contribution in [2.24, 2.45) is 11.8 Å². The number of hydrogen-bond acceptors (Lipinski definition) is 5. The number of hydrogen-bond donors (Lipinski definition) is 1. The van der Waals surface area contributed by atoms with Crippen LogP contribution in [-0.2, 0) is 19.1 Å². The van der Waals surface area contributed by atoms with Gasteiger partial charge in [-0.3, -0.25) is 14.4 Å². The molecular formula is C27H41N3O5. The van der Waals surface area contributed by atoms with Crippen molar-refractivity contribution in [2.75, 3.05) is 32.8 Å². The lowest BCUT2D eigenvalue weighted by Crippen LogP contribution is -2.59. The van der Waals surface area contributed by atoms with Gasteiger partial charge in [0, 0.05) is 38.3 Å². The Hall–Kier alpha value is -2.19. The molecule has 1 spiro atoms. The van der Waals surface area contributed by atoms with Crippen LogP contribution in [0.5, 0.6) is 0 Å². The molecule has 8 heteroatoms. The van der Waals surface area contributed by atoms with Crippen LogP contribution in [0.2, 0.25) is 0 Å². The van der Waals surface area contributed by atoms with E-state index in [2.05, 4.69) is 0 Å². The van der Waals surface area contributed by atoms with E-state index in [9.17, 15) is 19.5 Å². The minimum atomic E-state index is -1.21. The molecule has 4 rings (SSSR count). The molecule has 5 atom stereocenters. The highest BCUT2D eigenvalue weighted by Crippen LogP contribution is 2.58. The zero-order chi connectivity index (χ0) is 25.6. The van der Waals surface area contributed by atoms with Crippen LogP contribution < -0.4 is 0 Å². The maximum Gasteiger partial charge on any atom is 0.249 e. The van der Waals surface area contributed by atoms with Gasteiger partial charge in [0.1, 0.15) is 11.6 Å². The summed E-state index contributed by atoms with van der Waals surface area (Å²) in [5.74, 6) is -1.86. The zero-order valence-corrected chi connectivity index (χ0v) is 21.8. The number of amides is 3. The third-order valence-corrected chi connectivity index (χ3v) is 8.13. The first-order chi connectivity index (χ1) is 16.6. The Morgan fingerprint density at radius 1 is 0.971 bits per heavy atom. The van der Waals surface area contributed by atoms with Gasteiger partial charge in [0.15, 0.2) is 0 Å². The Balaban J connectivity index is 1.86. The summed E-state index contributed by atoms with van der Waals surface area (Å²) in [5, 5.41) is 9.34. The highest BCUT2D eigenvalue weighted by Gasteiger charge is 2.75. The van der Waals surface area contributed by atoms with Crippen LogP contribution in [0, 0.1) is 11.8 Å². The van der Waals surface area contributed by atoms with E-state index < -0.39 is 34.6 Å². The first-order valence-corrected chi connectivity index (χ1v) is 13.1. The van der Waals surface area contributed by atoms with E-state index in [-0.39, 0.29) is 24.3 Å². The molecule has 4 aliphatic heterocycles. The SMILES string of the molecule is CCCN1CC=C[C@@]2(CC)O[C@]34C=CCN(C(C)(C)C)C(=O)C3N(CCCCO)C(=O)[C@@H]4[C@H]2C1=O. The number of nitrogens with zero attached hydrogens (tertiary/aromatic N) is 3. The Morgan fingerprint density at radius 3 is 2.31 bits per heavy atom. The fraction of sp³-hybridized carbons (Fsp3) is 0.741. The molecule has 0 aromatic rings. The normalized spacial score (nSPS) is 34.7. The van der Waals surface area contributed by atoms with E-state index in [1.165, 1.54) is 0 Å². The van der Waals surface area contributed by atoms with E-state index in [4.69, 9.17) is 4.74 Å². The van der Waals surface area contributed by atoms with Crippen molar-refractivity contribution in [3.05, 3.63) is 24.3 Å². The molecule has 4 aliphatic rings. The van der Waals surface area contributed by atoms with Gasteiger partial charge in [-0.05, 0) is 46.5 Å². The Labute approximate surface area is 208 Å². The van der Waals surface area contributed by atoms with E-state index in [0.717, 1.165) is 6.42 Å². The second-order valence-corrected chi connectivity index (χ2v) is 11.3. The molecule has 8 nitrogen and oxygen atoms in total. The highest BCUT2D eigenvalue weighted by molar-refractivity contribution is 6.00. The van der Waals surface area contributed by atoms with Crippen LogP contribution in [0.1, 0.15) is 60.3 Å². The summed E-state index contributed by atoms with van der Waals surface area (Å²) in [6, 6.07) is -0.840. The van der Waals surface area contributed by atoms with Gasteiger partial charge < -0.3 is 24.5 Å². The zero-order valence-electron chi connectivity index (χ0n) is 21.8. The molecule has 4 heterocycles. The average Bonchev–Trinajstić information content (AvgIpc) is 3.08. The monoisotopic (exact) mass is 487 g/mol. The van der Waals surface area contributed by atoms with Gasteiger partial charge in [0.05, 0.1) is 17.4 Å². The van der Waals surface area contributed by atoms with Crippen molar-refractivity contribution in [1.29, 1.82) is 0 Å². The molecule has 0 aliphatic carbocycles. The molecule has 0 bridgehead atoms. The number of ether oxygens (including phenoxy) is 1. The van der Waals surface area contributed by atoms with Crippen molar-refractivity contribution >= 4 is 17.7 Å². The van der Waals surface area contributed by atoms with Crippen LogP contribution in [0.4, 0.5) is 0 Å². The fourth-order valence-corrected chi connectivity index (χ4v) is 6.52. The van der Waals surface area contributed by atoms with E-state index >= 15 is 0 Å². The Bertz CT molecular complexity index is 924. The summed E-state index contributed by atoms with van der Waals surface area (Å²) >= 11 is 0. The first-order valence-electron chi connectivity index (χ1n) is 13.1. The molecular weight excluding hydrogens is 446 g/mol. The van der Waals surface area contributed by atoms with Crippen LogP contribution >= 0.6 is 0 Å². The molecule has 2 fully saturated rings. The summed E-state index contributed by atoms with van der Waals surface area (Å²) in [4.78, 5) is 47.6. The third-order valence-electron chi connectivity index (χ3n) is 8.13. The number of carbonyl (C=O) groups is 3. The third kappa shape index (κ3) is 3.93. The molecule has 0 aromatic carbocycles. The van der Waals surface area contributed by atoms with Gasteiger partial charge in [-0.15, -0.1) is 0 Å². The molecule has 1 unspecified atom stereocenters. The highest BCUT2D eigenvalue weighted by atomic mass is 16.5. The van der Waals surface area contributed by atoms with Crippen molar-refractivity contribution in [3.8, 4) is 0 Å². The lowest BCUT2D eigenvalue weighted by Gasteiger charge is -2.41. The lowest BCUT2D eigenvalue weighted by molar-refractivity contribution is -0.156. The summed E-state index contributed by atoms with van der Waals surface area (Å²) in [6.07, 6.45) is 10.3. The number of fused-ring (bicyclic) bond motifs is 2. The molecule has 0 radical (unpaired) electrons. The summed E-state index contributed by atoms with van der Waals surface area (Å²) < 4.78 is 6.93. The summed E-state index contributed by atoms with van der Waals surface area (Å²) in [7, 11) is 0. The molecule has 0 aromatic heterocycles. The van der Waals surface area contributed by atoms with Crippen molar-refractivity contribution in [2.45, 2.75) is 83.1 Å². The number of rotatable bonds is 7. The smallest absolute Gasteiger partial charge is 0.249 e. The minimum Gasteiger partial charge on any atom is -0.396 e. The predicted molar refractivity (Wildman–Crippen MR) is 132 cm³/mol. The van der Waals surface area contributed by atoms with Gasteiger partial charge in [-0.25, -0.2) is 0 Å². The van der Waals surface area contributed by atoms with Gasteiger partial charge >= 0.3 is 0 Å². The average molecular weight is 488 g/mol. The van der Waals surface area contributed by atoms with E-state index in [1.807, 2.05) is 63.8 Å². The van der Waals surface area contributed by atoms with E-state index in [1.54, 1.807) is 9.80 Å². The van der Waals surface area contributed by atoms with Crippen molar-refractivity contribution in [1.82, 2.24) is 14.7 Å². The van der Waals surface area contributed by atoms with E-state index in [0.29, 0.717) is 45.4 Å². The number of unbranched alkanes of at least 4 members (excludes halogenated alkanes) is 1. The second-order valence-electron chi connectivity index (χ2n) is 11.3. The van der Waals surface area contributed by atoms with Crippen LogP contribution in [-0.4, -0.2) is 93.1 Å². The molecule has 0 saturated carbocycles. The quantitative estimate of drug-likeness (QED) is 0.439. The minimum absolute atomic E-state index is 0.0244. The number of aliphatic hydroxyl groups is 1. The Kier molecular flexibility index (Phi) is 6.92. The summed E-state index contributed by atoms with van der Waals surface area (Å²) in [5.41, 5.74) is -2.58. The predicted octanol–water partition coefficient (Wildman–Crippen LogP) is 2.13. The van der Waals surface area contributed by atoms with Gasteiger partial charge in [0.25, 0.3) is 0 Å². The van der Waals surface area contributed by atoms with Crippen molar-refractivity contribution < 1.29 is 24.2 Å². The van der Waals surface area contributed by atoms with Crippen LogP contribution in [0.15, 0.2) is 24.3 Å². The van der Waals surface area contributed by atoms with Gasteiger partial charge in [-0.1, -0.05) is 38.2 Å². The maximum absolute atomic E-state index is 14.2. The van der Waals surface area contributed by atoms with Crippen LogP contribution in [0.3, 0.4) is 0 Å². The number of likely N-dealkylation sites (tertiary alicyclic amines) is 1. The molecule has 3 amide bonds. The topological polar surface area (TPSA) is 90.4 Å². The molecule has 35 heavy (non-hydrogen) atoms. The molecule has 2 saturated heterocycles. The summed E-state index contributed by atoms with van der Waals surface area (Å²) in [6.45, 7) is 11.9. The van der Waals surface area contributed by atoms with Gasteiger partial charge in [-0.2, -0.15) is 0 Å². The second kappa shape index (κ2) is 9.36. The maximum atomic E-state index is 14.2. The largest absolute Gasteiger partial charge is 0.396 e. The lowest BCUT2D eigenvalue weighted by atomic mass is 9.73.